The molecule has 0 N–H and O–H groups in total. The van der Waals surface area contributed by atoms with Crippen molar-refractivity contribution in [3.05, 3.63) is 57.8 Å². The number of hydrogen-bond acceptors (Lipinski definition) is 2. The molecule has 1 heterocycles. The van der Waals surface area contributed by atoms with Crippen LogP contribution in [0.15, 0.2) is 42.5 Å². The minimum atomic E-state index is 0.128. The Morgan fingerprint density at radius 3 is 2.28 bits per heavy atom. The smallest absolute Gasteiger partial charge is 0.202 e. The predicted molar refractivity (Wildman–Crippen MR) is 77.4 cm³/mol. The lowest BCUT2D eigenvalue weighted by molar-refractivity contribution is 0.104. The van der Waals surface area contributed by atoms with Gasteiger partial charge in [0.2, 0.25) is 5.78 Å². The van der Waals surface area contributed by atoms with Crippen LogP contribution in [0, 0.1) is 5.92 Å². The second kappa shape index (κ2) is 5.49. The first-order valence-electron chi connectivity index (χ1n) is 6.29. The van der Waals surface area contributed by atoms with Gasteiger partial charge in [-0.3, -0.25) is 4.79 Å². The van der Waals surface area contributed by atoms with Crippen LogP contribution in [0.3, 0.4) is 0 Å². The van der Waals surface area contributed by atoms with Gasteiger partial charge >= 0.3 is 0 Å². The first-order chi connectivity index (χ1) is 8.59. The zero-order valence-corrected chi connectivity index (χ0v) is 11.8. The van der Waals surface area contributed by atoms with Gasteiger partial charge in [-0.15, -0.1) is 11.3 Å². The molecule has 2 rings (SSSR count). The molecule has 1 atom stereocenters. The monoisotopic (exact) mass is 258 g/mol. The highest BCUT2D eigenvalue weighted by Gasteiger charge is 2.16. The number of carbonyl (C=O) groups excluding carboxylic acids is 1. The molecule has 94 valence electrons. The number of carbonyl (C=O) groups is 1. The van der Waals surface area contributed by atoms with Crippen molar-refractivity contribution in [1.29, 1.82) is 0 Å². The summed E-state index contributed by atoms with van der Waals surface area (Å²) in [5.74, 6) is 1.23. The molecule has 1 aromatic heterocycles. The van der Waals surface area contributed by atoms with Gasteiger partial charge in [-0.2, -0.15) is 0 Å². The molecule has 2 heteroatoms. The van der Waals surface area contributed by atoms with E-state index in [9.17, 15) is 4.79 Å². The van der Waals surface area contributed by atoms with Gasteiger partial charge < -0.3 is 0 Å². The van der Waals surface area contributed by atoms with E-state index in [0.717, 1.165) is 10.4 Å². The van der Waals surface area contributed by atoms with Gasteiger partial charge in [0.1, 0.15) is 0 Å². The molecule has 2 aromatic rings. The van der Waals surface area contributed by atoms with E-state index >= 15 is 0 Å². The molecular weight excluding hydrogens is 240 g/mol. The van der Waals surface area contributed by atoms with Crippen molar-refractivity contribution in [2.45, 2.75) is 26.7 Å². The lowest BCUT2D eigenvalue weighted by Crippen LogP contribution is -1.99. The van der Waals surface area contributed by atoms with Gasteiger partial charge in [0, 0.05) is 10.4 Å². The first-order valence-corrected chi connectivity index (χ1v) is 7.10. The van der Waals surface area contributed by atoms with Crippen molar-refractivity contribution >= 4 is 17.1 Å². The zero-order chi connectivity index (χ0) is 13.1. The van der Waals surface area contributed by atoms with Gasteiger partial charge in [-0.25, -0.2) is 0 Å². The van der Waals surface area contributed by atoms with E-state index in [0.29, 0.717) is 11.8 Å². The van der Waals surface area contributed by atoms with E-state index in [2.05, 4.69) is 26.8 Å². The Morgan fingerprint density at radius 1 is 1.00 bits per heavy atom. The van der Waals surface area contributed by atoms with Crippen LogP contribution in [-0.4, -0.2) is 5.78 Å². The fraction of sp³-hybridized carbons (Fsp3) is 0.312. The third-order valence-electron chi connectivity index (χ3n) is 3.34. The second-order valence-corrected chi connectivity index (χ2v) is 6.05. The number of ketones is 1. The van der Waals surface area contributed by atoms with E-state index in [1.807, 2.05) is 36.4 Å². The van der Waals surface area contributed by atoms with E-state index < -0.39 is 0 Å². The van der Waals surface area contributed by atoms with Gasteiger partial charge in [-0.05, 0) is 24.0 Å². The van der Waals surface area contributed by atoms with Gasteiger partial charge in [0.15, 0.2) is 0 Å². The number of benzene rings is 1. The standard InChI is InChI=1S/C16H18OS/c1-11(2)12(3)14-9-10-15(18-14)16(17)13-7-5-4-6-8-13/h4-12H,1-3H3. The summed E-state index contributed by atoms with van der Waals surface area (Å²) in [6, 6.07) is 13.5. The minimum absolute atomic E-state index is 0.128. The molecule has 18 heavy (non-hydrogen) atoms. The van der Waals surface area contributed by atoms with Crippen LogP contribution in [0.25, 0.3) is 0 Å². The van der Waals surface area contributed by atoms with Crippen LogP contribution < -0.4 is 0 Å². The maximum absolute atomic E-state index is 12.3. The van der Waals surface area contributed by atoms with Gasteiger partial charge in [0.05, 0.1) is 4.88 Å². The fourth-order valence-electron chi connectivity index (χ4n) is 1.78. The fourth-order valence-corrected chi connectivity index (χ4v) is 2.97. The summed E-state index contributed by atoms with van der Waals surface area (Å²) in [5, 5.41) is 0. The first kappa shape index (κ1) is 13.0. The van der Waals surface area contributed by atoms with E-state index in [4.69, 9.17) is 0 Å². The number of thiophene rings is 1. The summed E-state index contributed by atoms with van der Waals surface area (Å²) in [6.45, 7) is 6.64. The highest BCUT2D eigenvalue weighted by molar-refractivity contribution is 7.14. The van der Waals surface area contributed by atoms with Gasteiger partial charge in [0.25, 0.3) is 0 Å². The largest absolute Gasteiger partial charge is 0.288 e. The lowest BCUT2D eigenvalue weighted by atomic mass is 9.97. The van der Waals surface area contributed by atoms with E-state index in [1.54, 1.807) is 11.3 Å². The van der Waals surface area contributed by atoms with Crippen molar-refractivity contribution < 1.29 is 4.79 Å². The van der Waals surface area contributed by atoms with Crippen LogP contribution in [0.1, 0.15) is 46.8 Å². The molecule has 0 fully saturated rings. The van der Waals surface area contributed by atoms with Crippen LogP contribution in [0.2, 0.25) is 0 Å². The molecule has 1 nitrogen and oxygen atoms in total. The summed E-state index contributed by atoms with van der Waals surface area (Å²) in [7, 11) is 0. The van der Waals surface area contributed by atoms with Crippen molar-refractivity contribution in [2.75, 3.05) is 0 Å². The highest BCUT2D eigenvalue weighted by Crippen LogP contribution is 2.30. The Kier molecular flexibility index (Phi) is 3.97. The van der Waals surface area contributed by atoms with Crippen LogP contribution in [0.5, 0.6) is 0 Å². The molecule has 0 aliphatic heterocycles. The Hall–Kier alpha value is -1.41. The Morgan fingerprint density at radius 2 is 1.67 bits per heavy atom. The van der Waals surface area contributed by atoms with Gasteiger partial charge in [-0.1, -0.05) is 51.1 Å². The van der Waals surface area contributed by atoms with E-state index in [1.165, 1.54) is 4.88 Å². The summed E-state index contributed by atoms with van der Waals surface area (Å²) >= 11 is 1.62. The summed E-state index contributed by atoms with van der Waals surface area (Å²) in [5.41, 5.74) is 0.767. The molecule has 0 spiro atoms. The average molecular weight is 258 g/mol. The Balaban J connectivity index is 2.23. The molecular formula is C16H18OS. The molecule has 1 aromatic carbocycles. The maximum atomic E-state index is 12.3. The molecule has 0 radical (unpaired) electrons. The second-order valence-electron chi connectivity index (χ2n) is 4.93. The molecule has 0 amide bonds. The molecule has 0 aliphatic carbocycles. The normalized spacial score (nSPS) is 12.7. The zero-order valence-electron chi connectivity index (χ0n) is 11.0. The van der Waals surface area contributed by atoms with Crippen LogP contribution >= 0.6 is 11.3 Å². The quantitative estimate of drug-likeness (QED) is 0.724. The summed E-state index contributed by atoms with van der Waals surface area (Å²) in [4.78, 5) is 14.4. The topological polar surface area (TPSA) is 17.1 Å². The molecule has 0 aliphatic rings. The summed E-state index contributed by atoms with van der Waals surface area (Å²) in [6.07, 6.45) is 0. The Bertz CT molecular complexity index is 525. The van der Waals surface area contributed by atoms with Crippen molar-refractivity contribution in [1.82, 2.24) is 0 Å². The SMILES string of the molecule is CC(C)C(C)c1ccc(C(=O)c2ccccc2)s1. The van der Waals surface area contributed by atoms with Crippen molar-refractivity contribution in [2.24, 2.45) is 5.92 Å². The van der Waals surface area contributed by atoms with Crippen LogP contribution in [0.4, 0.5) is 0 Å². The molecule has 0 bridgehead atoms. The third kappa shape index (κ3) is 2.70. The number of rotatable bonds is 4. The average Bonchev–Trinajstić information content (AvgIpc) is 2.87. The predicted octanol–water partition coefficient (Wildman–Crippen LogP) is 4.74. The molecule has 1 unspecified atom stereocenters. The van der Waals surface area contributed by atoms with Crippen molar-refractivity contribution in [3.8, 4) is 0 Å². The highest BCUT2D eigenvalue weighted by atomic mass is 32.1. The minimum Gasteiger partial charge on any atom is -0.288 e. The van der Waals surface area contributed by atoms with E-state index in [-0.39, 0.29) is 5.78 Å². The lowest BCUT2D eigenvalue weighted by Gasteiger charge is -2.12. The van der Waals surface area contributed by atoms with Crippen molar-refractivity contribution in [3.63, 3.8) is 0 Å². The third-order valence-corrected chi connectivity index (χ3v) is 4.62. The maximum Gasteiger partial charge on any atom is 0.202 e. The Labute approximate surface area is 112 Å². The summed E-state index contributed by atoms with van der Waals surface area (Å²) < 4.78 is 0. The molecule has 0 saturated heterocycles. The number of hydrogen-bond donors (Lipinski definition) is 0. The van der Waals surface area contributed by atoms with Crippen LogP contribution in [-0.2, 0) is 0 Å². The molecule has 0 saturated carbocycles.